The maximum absolute atomic E-state index is 12.3. The summed E-state index contributed by atoms with van der Waals surface area (Å²) in [6.45, 7) is 8.03. The lowest BCUT2D eigenvalue weighted by atomic mass is 10.4. The summed E-state index contributed by atoms with van der Waals surface area (Å²) in [5.74, 6) is 0. The van der Waals surface area contributed by atoms with E-state index in [9.17, 15) is 8.42 Å². The summed E-state index contributed by atoms with van der Waals surface area (Å²) in [5.41, 5.74) is 1.07. The molecule has 1 aromatic heterocycles. The molecule has 0 spiro atoms. The van der Waals surface area contributed by atoms with Gasteiger partial charge in [-0.1, -0.05) is 0 Å². The average molecular weight is 305 g/mol. The maximum atomic E-state index is 12.3. The standard InChI is InChI=1S/C12H23N3O4S/c1-6-18-11(19-7-2)8-13-20(16,17)12-9(3)14-15(5)10(12)4/h11,13H,6-8H2,1-5H3. The average Bonchev–Trinajstić information content (AvgIpc) is 2.61. The van der Waals surface area contributed by atoms with E-state index in [-0.39, 0.29) is 11.4 Å². The Morgan fingerprint density at radius 1 is 1.25 bits per heavy atom. The Balaban J connectivity index is 2.84. The first-order valence-electron chi connectivity index (χ1n) is 6.56. The van der Waals surface area contributed by atoms with Crippen LogP contribution in [0, 0.1) is 13.8 Å². The fourth-order valence-electron chi connectivity index (χ4n) is 1.93. The van der Waals surface area contributed by atoms with Crippen LogP contribution in [0.15, 0.2) is 4.90 Å². The first-order valence-corrected chi connectivity index (χ1v) is 8.04. The zero-order valence-corrected chi connectivity index (χ0v) is 13.5. The van der Waals surface area contributed by atoms with Crippen molar-refractivity contribution in [2.24, 2.45) is 7.05 Å². The van der Waals surface area contributed by atoms with Gasteiger partial charge >= 0.3 is 0 Å². The van der Waals surface area contributed by atoms with Crippen molar-refractivity contribution in [1.29, 1.82) is 0 Å². The van der Waals surface area contributed by atoms with Gasteiger partial charge in [0.15, 0.2) is 6.29 Å². The highest BCUT2D eigenvalue weighted by molar-refractivity contribution is 7.89. The van der Waals surface area contributed by atoms with Crippen LogP contribution in [0.3, 0.4) is 0 Å². The minimum Gasteiger partial charge on any atom is -0.352 e. The predicted octanol–water partition coefficient (Wildman–Crippen LogP) is 0.714. The topological polar surface area (TPSA) is 82.5 Å². The Kier molecular flexibility index (Phi) is 6.12. The highest BCUT2D eigenvalue weighted by Crippen LogP contribution is 2.18. The number of sulfonamides is 1. The molecule has 0 aliphatic rings. The quantitative estimate of drug-likeness (QED) is 0.715. The molecule has 1 aromatic rings. The summed E-state index contributed by atoms with van der Waals surface area (Å²) in [5, 5.41) is 4.11. The summed E-state index contributed by atoms with van der Waals surface area (Å²) in [6, 6.07) is 0. The summed E-state index contributed by atoms with van der Waals surface area (Å²) >= 11 is 0. The third-order valence-corrected chi connectivity index (χ3v) is 4.53. The van der Waals surface area contributed by atoms with E-state index >= 15 is 0 Å². The van der Waals surface area contributed by atoms with Crippen molar-refractivity contribution in [3.63, 3.8) is 0 Å². The number of ether oxygens (including phenoxy) is 2. The zero-order valence-electron chi connectivity index (χ0n) is 12.6. The smallest absolute Gasteiger partial charge is 0.244 e. The van der Waals surface area contributed by atoms with Crippen LogP contribution >= 0.6 is 0 Å². The first kappa shape index (κ1) is 17.1. The van der Waals surface area contributed by atoms with Crippen LogP contribution in [0.2, 0.25) is 0 Å². The van der Waals surface area contributed by atoms with Gasteiger partial charge < -0.3 is 9.47 Å². The van der Waals surface area contributed by atoms with Gasteiger partial charge in [-0.15, -0.1) is 0 Å². The van der Waals surface area contributed by atoms with Gasteiger partial charge in [-0.05, 0) is 27.7 Å². The van der Waals surface area contributed by atoms with Crippen molar-refractivity contribution in [1.82, 2.24) is 14.5 Å². The van der Waals surface area contributed by atoms with E-state index in [4.69, 9.17) is 9.47 Å². The molecular weight excluding hydrogens is 282 g/mol. The third-order valence-electron chi connectivity index (χ3n) is 2.86. The fourth-order valence-corrected chi connectivity index (χ4v) is 3.38. The lowest BCUT2D eigenvalue weighted by Gasteiger charge is -2.17. The molecule has 1 N–H and O–H groups in total. The molecule has 0 atom stereocenters. The van der Waals surface area contributed by atoms with E-state index in [0.717, 1.165) is 0 Å². The Bertz CT molecular complexity index is 533. The SMILES string of the molecule is CCOC(CNS(=O)(=O)c1c(C)nn(C)c1C)OCC. The van der Waals surface area contributed by atoms with Gasteiger partial charge in [-0.25, -0.2) is 13.1 Å². The number of nitrogens with one attached hydrogen (secondary N) is 1. The number of rotatable bonds is 8. The number of aryl methyl sites for hydroxylation is 2. The second-order valence-corrected chi connectivity index (χ2v) is 6.02. The van der Waals surface area contributed by atoms with Crippen LogP contribution in [-0.2, 0) is 26.5 Å². The van der Waals surface area contributed by atoms with Crippen LogP contribution in [0.1, 0.15) is 25.2 Å². The lowest BCUT2D eigenvalue weighted by molar-refractivity contribution is -0.130. The summed E-state index contributed by atoms with van der Waals surface area (Å²) in [4.78, 5) is 0.215. The van der Waals surface area contributed by atoms with Crippen LogP contribution < -0.4 is 4.72 Å². The summed E-state index contributed by atoms with van der Waals surface area (Å²) in [7, 11) is -1.91. The molecule has 7 nitrogen and oxygen atoms in total. The number of hydrogen-bond acceptors (Lipinski definition) is 5. The second-order valence-electron chi connectivity index (χ2n) is 4.32. The van der Waals surface area contributed by atoms with Crippen molar-refractivity contribution >= 4 is 10.0 Å². The molecule has 0 fully saturated rings. The van der Waals surface area contributed by atoms with E-state index in [2.05, 4.69) is 9.82 Å². The molecule has 0 saturated heterocycles. The van der Waals surface area contributed by atoms with Crippen LogP contribution in [-0.4, -0.2) is 44.2 Å². The van der Waals surface area contributed by atoms with E-state index in [1.54, 1.807) is 25.6 Å². The van der Waals surface area contributed by atoms with Gasteiger partial charge in [0, 0.05) is 20.3 Å². The summed E-state index contributed by atoms with van der Waals surface area (Å²) in [6.07, 6.45) is -0.586. The molecule has 1 heterocycles. The molecule has 0 bridgehead atoms. The fraction of sp³-hybridized carbons (Fsp3) is 0.750. The molecule has 0 unspecified atom stereocenters. The van der Waals surface area contributed by atoms with Gasteiger partial charge in [-0.3, -0.25) is 4.68 Å². The van der Waals surface area contributed by atoms with Crippen LogP contribution in [0.4, 0.5) is 0 Å². The van der Waals surface area contributed by atoms with Crippen molar-refractivity contribution in [2.45, 2.75) is 38.9 Å². The van der Waals surface area contributed by atoms with E-state index in [0.29, 0.717) is 24.6 Å². The van der Waals surface area contributed by atoms with Crippen molar-refractivity contribution in [3.05, 3.63) is 11.4 Å². The molecule has 1 rings (SSSR count). The molecule has 116 valence electrons. The van der Waals surface area contributed by atoms with E-state index in [1.807, 2.05) is 13.8 Å². The van der Waals surface area contributed by atoms with Crippen LogP contribution in [0.5, 0.6) is 0 Å². The lowest BCUT2D eigenvalue weighted by Crippen LogP contribution is -2.35. The Labute approximate surface area is 120 Å². The molecule has 0 aromatic carbocycles. The van der Waals surface area contributed by atoms with Crippen molar-refractivity contribution in [3.8, 4) is 0 Å². The highest BCUT2D eigenvalue weighted by Gasteiger charge is 2.24. The molecular formula is C12H23N3O4S. The Morgan fingerprint density at radius 3 is 2.20 bits per heavy atom. The monoisotopic (exact) mass is 305 g/mol. The van der Waals surface area contributed by atoms with Gasteiger partial charge in [0.2, 0.25) is 10.0 Å². The molecule has 0 aliphatic heterocycles. The normalized spacial score (nSPS) is 12.3. The number of aromatic nitrogens is 2. The molecule has 0 amide bonds. The van der Waals surface area contributed by atoms with Gasteiger partial charge in [0.1, 0.15) is 4.90 Å². The zero-order chi connectivity index (χ0) is 15.3. The molecule has 8 heteroatoms. The van der Waals surface area contributed by atoms with Gasteiger partial charge in [0.25, 0.3) is 0 Å². The van der Waals surface area contributed by atoms with E-state index < -0.39 is 16.3 Å². The minimum atomic E-state index is -3.63. The summed E-state index contributed by atoms with van der Waals surface area (Å²) < 4.78 is 39.3. The van der Waals surface area contributed by atoms with E-state index in [1.165, 1.54) is 0 Å². The van der Waals surface area contributed by atoms with Gasteiger partial charge in [-0.2, -0.15) is 5.10 Å². The van der Waals surface area contributed by atoms with Crippen molar-refractivity contribution in [2.75, 3.05) is 19.8 Å². The van der Waals surface area contributed by atoms with Crippen molar-refractivity contribution < 1.29 is 17.9 Å². The predicted molar refractivity (Wildman–Crippen MR) is 74.9 cm³/mol. The largest absolute Gasteiger partial charge is 0.352 e. The maximum Gasteiger partial charge on any atom is 0.244 e. The molecule has 0 aliphatic carbocycles. The first-order chi connectivity index (χ1) is 9.33. The molecule has 0 saturated carbocycles. The Morgan fingerprint density at radius 2 is 1.80 bits per heavy atom. The third kappa shape index (κ3) is 4.02. The number of nitrogens with zero attached hydrogens (tertiary/aromatic N) is 2. The second kappa shape index (κ2) is 7.16. The minimum absolute atomic E-state index is 0.0672. The van der Waals surface area contributed by atoms with Crippen LogP contribution in [0.25, 0.3) is 0 Å². The highest BCUT2D eigenvalue weighted by atomic mass is 32.2. The number of hydrogen-bond donors (Lipinski definition) is 1. The van der Waals surface area contributed by atoms with Gasteiger partial charge in [0.05, 0.1) is 17.9 Å². The molecule has 20 heavy (non-hydrogen) atoms. The molecule has 0 radical (unpaired) electrons. The Hall–Kier alpha value is -0.960.